The Hall–Kier alpha value is -1.82. The van der Waals surface area contributed by atoms with Crippen LogP contribution in [0.1, 0.15) is 36.1 Å². The van der Waals surface area contributed by atoms with Gasteiger partial charge in [0, 0.05) is 0 Å². The Bertz CT molecular complexity index is 677. The quantitative estimate of drug-likeness (QED) is 0.614. The van der Waals surface area contributed by atoms with Crippen LogP contribution in [0.25, 0.3) is 22.9 Å². The van der Waals surface area contributed by atoms with Crippen LogP contribution >= 0.6 is 0 Å². The van der Waals surface area contributed by atoms with Crippen LogP contribution < -0.4 is 0 Å². The van der Waals surface area contributed by atoms with Gasteiger partial charge in [-0.2, -0.15) is 0 Å². The summed E-state index contributed by atoms with van der Waals surface area (Å²) in [5.41, 5.74) is 8.76. The predicted molar refractivity (Wildman–Crippen MR) is 78.7 cm³/mol. The van der Waals surface area contributed by atoms with Crippen molar-refractivity contribution in [1.82, 2.24) is 0 Å². The molecule has 0 spiro atoms. The lowest BCUT2D eigenvalue weighted by Crippen LogP contribution is -1.87. The topological polar surface area (TPSA) is 0 Å². The summed E-state index contributed by atoms with van der Waals surface area (Å²) in [6.07, 6.45) is 6.89. The van der Waals surface area contributed by atoms with Crippen LogP contribution in [0.15, 0.2) is 35.4 Å². The number of hydrogen-bond acceptors (Lipinski definition) is 0. The first kappa shape index (κ1) is 10.1. The molecule has 0 radical (unpaired) electrons. The number of allylic oxidation sites excluding steroid dienone is 2. The van der Waals surface area contributed by atoms with E-state index in [4.69, 9.17) is 0 Å². The highest BCUT2D eigenvalue weighted by Gasteiger charge is 2.14. The summed E-state index contributed by atoms with van der Waals surface area (Å²) in [5, 5.41) is 2.78. The van der Waals surface area contributed by atoms with Crippen molar-refractivity contribution in [2.75, 3.05) is 0 Å². The van der Waals surface area contributed by atoms with Crippen molar-refractivity contribution in [1.29, 1.82) is 0 Å². The highest BCUT2D eigenvalue weighted by atomic mass is 14.2. The maximum atomic E-state index is 2.37. The van der Waals surface area contributed by atoms with E-state index < -0.39 is 0 Å². The molecule has 4 rings (SSSR count). The second-order valence-corrected chi connectivity index (χ2v) is 5.78. The Kier molecular flexibility index (Phi) is 1.89. The number of rotatable bonds is 0. The van der Waals surface area contributed by atoms with Gasteiger partial charge in [0.1, 0.15) is 0 Å². The molecule has 0 saturated carbocycles. The Morgan fingerprint density at radius 2 is 1.11 bits per heavy atom. The monoisotopic (exact) mass is 232 g/mol. The van der Waals surface area contributed by atoms with E-state index in [1.807, 2.05) is 0 Å². The van der Waals surface area contributed by atoms with E-state index >= 15 is 0 Å². The summed E-state index contributed by atoms with van der Waals surface area (Å²) >= 11 is 0. The van der Waals surface area contributed by atoms with Crippen LogP contribution in [0.2, 0.25) is 0 Å². The van der Waals surface area contributed by atoms with Crippen molar-refractivity contribution in [3.05, 3.63) is 57.7 Å². The first-order chi connectivity index (χ1) is 8.69. The molecule has 2 aromatic carbocycles. The third kappa shape index (κ3) is 1.38. The largest absolute Gasteiger partial charge is 0.0683 e. The molecule has 0 amide bonds. The highest BCUT2D eigenvalue weighted by molar-refractivity contribution is 5.91. The zero-order valence-electron chi connectivity index (χ0n) is 10.9. The fraction of sp³-hybridized carbons (Fsp3) is 0.222. The summed E-state index contributed by atoms with van der Waals surface area (Å²) in [6.45, 7) is 4.44. The van der Waals surface area contributed by atoms with Gasteiger partial charge in [0.25, 0.3) is 0 Å². The molecule has 0 heterocycles. The molecule has 0 aromatic heterocycles. The van der Waals surface area contributed by atoms with E-state index in [-0.39, 0.29) is 0 Å². The smallest absolute Gasteiger partial charge is 0.00604 e. The molecule has 0 atom stereocenters. The summed E-state index contributed by atoms with van der Waals surface area (Å²) in [7, 11) is 0. The van der Waals surface area contributed by atoms with Gasteiger partial charge in [0.15, 0.2) is 0 Å². The summed E-state index contributed by atoms with van der Waals surface area (Å²) in [6, 6.07) is 9.46. The minimum atomic E-state index is 1.12. The van der Waals surface area contributed by atoms with Gasteiger partial charge in [0.2, 0.25) is 0 Å². The van der Waals surface area contributed by atoms with Crippen molar-refractivity contribution in [3.8, 4) is 0 Å². The van der Waals surface area contributed by atoms with Gasteiger partial charge < -0.3 is 0 Å². The molecule has 18 heavy (non-hydrogen) atoms. The summed E-state index contributed by atoms with van der Waals surface area (Å²) < 4.78 is 0. The number of benzene rings is 2. The van der Waals surface area contributed by atoms with Crippen LogP contribution in [0, 0.1) is 0 Å². The fourth-order valence-corrected chi connectivity index (χ4v) is 3.29. The lowest BCUT2D eigenvalue weighted by Gasteiger charge is -2.06. The molecule has 0 bridgehead atoms. The van der Waals surface area contributed by atoms with Gasteiger partial charge in [-0.25, -0.2) is 0 Å². The minimum absolute atomic E-state index is 1.12. The first-order valence-electron chi connectivity index (χ1n) is 6.63. The van der Waals surface area contributed by atoms with E-state index in [9.17, 15) is 0 Å². The Labute approximate surface area is 108 Å². The molecular weight excluding hydrogens is 216 g/mol. The second kappa shape index (κ2) is 3.35. The van der Waals surface area contributed by atoms with Crippen LogP contribution in [0.5, 0.6) is 0 Å². The molecule has 2 aromatic rings. The lowest BCUT2D eigenvalue weighted by atomic mass is 9.98. The maximum Gasteiger partial charge on any atom is -0.00604 e. The van der Waals surface area contributed by atoms with Crippen molar-refractivity contribution in [2.45, 2.75) is 26.7 Å². The molecule has 0 nitrogen and oxygen atoms in total. The molecule has 0 saturated heterocycles. The van der Waals surface area contributed by atoms with Crippen LogP contribution in [-0.4, -0.2) is 0 Å². The molecule has 88 valence electrons. The lowest BCUT2D eigenvalue weighted by molar-refractivity contribution is 1.19. The van der Waals surface area contributed by atoms with Gasteiger partial charge >= 0.3 is 0 Å². The highest BCUT2D eigenvalue weighted by Crippen LogP contribution is 2.33. The van der Waals surface area contributed by atoms with E-state index in [1.165, 1.54) is 44.2 Å². The van der Waals surface area contributed by atoms with E-state index in [2.05, 4.69) is 50.3 Å². The molecule has 2 aliphatic rings. The zero-order valence-corrected chi connectivity index (χ0v) is 10.9. The molecular formula is C18H16. The second-order valence-electron chi connectivity index (χ2n) is 5.78. The normalized spacial score (nSPS) is 16.6. The summed E-state index contributed by atoms with van der Waals surface area (Å²) in [5.74, 6) is 0. The zero-order chi connectivity index (χ0) is 12.3. The predicted octanol–water partition coefficient (Wildman–Crippen LogP) is 4.76. The maximum absolute atomic E-state index is 2.37. The van der Waals surface area contributed by atoms with Crippen molar-refractivity contribution >= 4 is 22.9 Å². The average Bonchev–Trinajstić information content (AvgIpc) is 2.82. The number of hydrogen-bond donors (Lipinski definition) is 0. The average molecular weight is 232 g/mol. The van der Waals surface area contributed by atoms with Crippen molar-refractivity contribution < 1.29 is 0 Å². The SMILES string of the molecule is CC1=Cc2cc3cc4c(cc3cc2C1)C=C(C)C4. The van der Waals surface area contributed by atoms with Gasteiger partial charge in [-0.05, 0) is 71.8 Å². The molecule has 0 heteroatoms. The fourth-order valence-electron chi connectivity index (χ4n) is 3.29. The Balaban J connectivity index is 1.97. The van der Waals surface area contributed by atoms with Gasteiger partial charge in [-0.1, -0.05) is 35.4 Å². The van der Waals surface area contributed by atoms with E-state index in [0.717, 1.165) is 12.8 Å². The number of fused-ring (bicyclic) bond motifs is 3. The van der Waals surface area contributed by atoms with E-state index in [0.29, 0.717) is 0 Å². The Morgan fingerprint density at radius 3 is 1.56 bits per heavy atom. The van der Waals surface area contributed by atoms with Crippen LogP contribution in [0.4, 0.5) is 0 Å². The third-order valence-electron chi connectivity index (χ3n) is 4.10. The molecule has 0 aliphatic heterocycles. The first-order valence-corrected chi connectivity index (χ1v) is 6.63. The minimum Gasteiger partial charge on any atom is -0.0683 e. The molecule has 0 unspecified atom stereocenters. The Morgan fingerprint density at radius 1 is 0.667 bits per heavy atom. The van der Waals surface area contributed by atoms with E-state index in [1.54, 1.807) is 0 Å². The van der Waals surface area contributed by atoms with Crippen molar-refractivity contribution in [2.24, 2.45) is 0 Å². The van der Waals surface area contributed by atoms with Crippen LogP contribution in [0.3, 0.4) is 0 Å². The summed E-state index contributed by atoms with van der Waals surface area (Å²) in [4.78, 5) is 0. The molecule has 0 N–H and O–H groups in total. The van der Waals surface area contributed by atoms with Crippen molar-refractivity contribution in [3.63, 3.8) is 0 Å². The van der Waals surface area contributed by atoms with Gasteiger partial charge in [0.05, 0.1) is 0 Å². The standard InChI is InChI=1S/C18H16/c1-11-3-13-7-17-9-15-5-12(2)6-16(15)10-18(17)8-14(13)4-11/h3,6-10H,4-5H2,1-2H3. The van der Waals surface area contributed by atoms with Crippen LogP contribution in [-0.2, 0) is 12.8 Å². The van der Waals surface area contributed by atoms with Gasteiger partial charge in [-0.15, -0.1) is 0 Å². The molecule has 2 aliphatic carbocycles. The third-order valence-corrected chi connectivity index (χ3v) is 4.10. The van der Waals surface area contributed by atoms with Gasteiger partial charge in [-0.3, -0.25) is 0 Å². The molecule has 0 fully saturated rings.